The van der Waals surface area contributed by atoms with Gasteiger partial charge in [0.05, 0.1) is 29.5 Å². The molecular formula is C24H20FN3O3S. The van der Waals surface area contributed by atoms with Gasteiger partial charge in [0.25, 0.3) is 5.56 Å². The van der Waals surface area contributed by atoms with Crippen LogP contribution in [0.25, 0.3) is 16.6 Å². The number of hydrogen-bond donors (Lipinski definition) is 1. The summed E-state index contributed by atoms with van der Waals surface area (Å²) >= 11 is 1.13. The van der Waals surface area contributed by atoms with Crippen LogP contribution in [0.3, 0.4) is 0 Å². The first-order valence-electron chi connectivity index (χ1n) is 9.86. The molecule has 1 N–H and O–H groups in total. The van der Waals surface area contributed by atoms with Crippen LogP contribution in [0, 0.1) is 5.82 Å². The van der Waals surface area contributed by atoms with Crippen LogP contribution in [0.2, 0.25) is 0 Å². The number of rotatable bonds is 7. The minimum atomic E-state index is -0.373. The number of benzene rings is 3. The molecule has 32 heavy (non-hydrogen) atoms. The Hall–Kier alpha value is -3.65. The Bertz CT molecular complexity index is 1340. The molecule has 0 aliphatic carbocycles. The number of thioether (sulfide) groups is 1. The van der Waals surface area contributed by atoms with Crippen molar-refractivity contribution in [2.24, 2.45) is 0 Å². The number of carbonyl (C=O) groups is 1. The summed E-state index contributed by atoms with van der Waals surface area (Å²) in [6.07, 6.45) is 0. The first-order chi connectivity index (χ1) is 15.6. The van der Waals surface area contributed by atoms with Crippen LogP contribution in [-0.2, 0) is 11.3 Å². The smallest absolute Gasteiger partial charge is 0.266 e. The second-order valence-corrected chi connectivity index (χ2v) is 7.82. The highest BCUT2D eigenvalue weighted by atomic mass is 32.2. The van der Waals surface area contributed by atoms with Gasteiger partial charge in [0.1, 0.15) is 11.6 Å². The molecule has 0 saturated heterocycles. The first kappa shape index (κ1) is 21.6. The molecule has 162 valence electrons. The zero-order valence-corrected chi connectivity index (χ0v) is 18.1. The topological polar surface area (TPSA) is 73.2 Å². The summed E-state index contributed by atoms with van der Waals surface area (Å²) < 4.78 is 20.7. The molecule has 0 radical (unpaired) electrons. The Labute approximate surface area is 188 Å². The van der Waals surface area contributed by atoms with Gasteiger partial charge in [-0.1, -0.05) is 54.2 Å². The molecule has 4 aromatic rings. The van der Waals surface area contributed by atoms with Crippen LogP contribution in [0.4, 0.5) is 4.39 Å². The van der Waals surface area contributed by atoms with E-state index in [1.165, 1.54) is 17.7 Å². The van der Waals surface area contributed by atoms with E-state index in [2.05, 4.69) is 10.3 Å². The van der Waals surface area contributed by atoms with Gasteiger partial charge in [-0.25, -0.2) is 9.37 Å². The van der Waals surface area contributed by atoms with E-state index in [1.54, 1.807) is 60.7 Å². The van der Waals surface area contributed by atoms with Crippen molar-refractivity contribution in [2.45, 2.75) is 11.7 Å². The fourth-order valence-electron chi connectivity index (χ4n) is 3.25. The molecule has 1 aromatic heterocycles. The van der Waals surface area contributed by atoms with Gasteiger partial charge >= 0.3 is 0 Å². The lowest BCUT2D eigenvalue weighted by Gasteiger charge is -2.15. The van der Waals surface area contributed by atoms with Crippen molar-refractivity contribution in [2.75, 3.05) is 12.9 Å². The SMILES string of the molecule is COc1ccccc1-n1c(SCC(=O)NCc2ccccc2F)nc2ccccc2c1=O. The maximum Gasteiger partial charge on any atom is 0.266 e. The van der Waals surface area contributed by atoms with Crippen LogP contribution >= 0.6 is 11.8 Å². The molecule has 0 aliphatic heterocycles. The summed E-state index contributed by atoms with van der Waals surface area (Å²) in [5.41, 5.74) is 1.22. The predicted molar refractivity (Wildman–Crippen MR) is 123 cm³/mol. The molecule has 0 atom stereocenters. The molecule has 1 heterocycles. The second-order valence-electron chi connectivity index (χ2n) is 6.88. The van der Waals surface area contributed by atoms with Crippen molar-refractivity contribution in [3.8, 4) is 11.4 Å². The maximum absolute atomic E-state index is 13.8. The highest BCUT2D eigenvalue weighted by molar-refractivity contribution is 7.99. The molecule has 0 saturated carbocycles. The molecule has 0 spiro atoms. The number of ether oxygens (including phenoxy) is 1. The van der Waals surface area contributed by atoms with Crippen LogP contribution < -0.4 is 15.6 Å². The zero-order valence-electron chi connectivity index (χ0n) is 17.2. The largest absolute Gasteiger partial charge is 0.495 e. The van der Waals surface area contributed by atoms with Gasteiger partial charge in [-0.3, -0.25) is 14.2 Å². The minimum Gasteiger partial charge on any atom is -0.495 e. The predicted octanol–water partition coefficient (Wildman–Crippen LogP) is 3.94. The van der Waals surface area contributed by atoms with Crippen molar-refractivity contribution in [1.82, 2.24) is 14.9 Å². The molecule has 0 unspecified atom stereocenters. The van der Waals surface area contributed by atoms with E-state index in [9.17, 15) is 14.0 Å². The van der Waals surface area contributed by atoms with E-state index in [1.807, 2.05) is 6.07 Å². The Kier molecular flexibility index (Phi) is 6.51. The molecule has 0 fully saturated rings. The average molecular weight is 450 g/mol. The van der Waals surface area contributed by atoms with Gasteiger partial charge in [0.2, 0.25) is 5.91 Å². The van der Waals surface area contributed by atoms with Crippen molar-refractivity contribution < 1.29 is 13.9 Å². The fraction of sp³-hybridized carbons (Fsp3) is 0.125. The van der Waals surface area contributed by atoms with Crippen LogP contribution in [0.15, 0.2) is 82.7 Å². The van der Waals surface area contributed by atoms with Crippen LogP contribution in [0.1, 0.15) is 5.56 Å². The number of para-hydroxylation sites is 3. The van der Waals surface area contributed by atoms with Gasteiger partial charge < -0.3 is 10.1 Å². The number of fused-ring (bicyclic) bond motifs is 1. The number of carbonyl (C=O) groups excluding carboxylic acids is 1. The van der Waals surface area contributed by atoms with Gasteiger partial charge in [-0.15, -0.1) is 0 Å². The molecule has 0 bridgehead atoms. The Morgan fingerprint density at radius 1 is 1.06 bits per heavy atom. The maximum atomic E-state index is 13.8. The molecule has 8 heteroatoms. The normalized spacial score (nSPS) is 10.8. The van der Waals surface area contributed by atoms with Crippen molar-refractivity contribution in [3.63, 3.8) is 0 Å². The third-order valence-corrected chi connectivity index (χ3v) is 5.78. The van der Waals surface area contributed by atoms with Crippen LogP contribution in [-0.4, -0.2) is 28.3 Å². The number of halogens is 1. The van der Waals surface area contributed by atoms with E-state index in [-0.39, 0.29) is 29.6 Å². The van der Waals surface area contributed by atoms with E-state index in [0.29, 0.717) is 33.1 Å². The molecule has 4 rings (SSSR count). The van der Waals surface area contributed by atoms with E-state index < -0.39 is 0 Å². The molecular weight excluding hydrogens is 429 g/mol. The Balaban J connectivity index is 1.63. The summed E-state index contributed by atoms with van der Waals surface area (Å²) in [5.74, 6) is -0.152. The van der Waals surface area contributed by atoms with E-state index in [4.69, 9.17) is 4.74 Å². The second kappa shape index (κ2) is 9.65. The monoisotopic (exact) mass is 449 g/mol. The number of amides is 1. The lowest BCUT2D eigenvalue weighted by molar-refractivity contribution is -0.118. The Morgan fingerprint density at radius 2 is 1.78 bits per heavy atom. The van der Waals surface area contributed by atoms with Crippen molar-refractivity contribution in [3.05, 3.63) is 94.5 Å². The van der Waals surface area contributed by atoms with Gasteiger partial charge in [-0.2, -0.15) is 0 Å². The summed E-state index contributed by atoms with van der Waals surface area (Å²) in [6, 6.07) is 20.5. The Morgan fingerprint density at radius 3 is 2.59 bits per heavy atom. The zero-order chi connectivity index (χ0) is 22.5. The van der Waals surface area contributed by atoms with Gasteiger partial charge in [0, 0.05) is 12.1 Å². The third-order valence-electron chi connectivity index (χ3n) is 4.84. The highest BCUT2D eigenvalue weighted by Gasteiger charge is 2.17. The minimum absolute atomic E-state index is 0.00832. The summed E-state index contributed by atoms with van der Waals surface area (Å²) in [5, 5.41) is 3.53. The molecule has 1 amide bonds. The summed E-state index contributed by atoms with van der Waals surface area (Å²) in [7, 11) is 1.53. The fourth-order valence-corrected chi connectivity index (χ4v) is 4.09. The first-order valence-corrected chi connectivity index (χ1v) is 10.8. The number of nitrogens with zero attached hydrogens (tertiary/aromatic N) is 2. The van der Waals surface area contributed by atoms with Gasteiger partial charge in [0.15, 0.2) is 5.16 Å². The summed E-state index contributed by atoms with van der Waals surface area (Å²) in [6.45, 7) is 0.0799. The van der Waals surface area contributed by atoms with Gasteiger partial charge in [-0.05, 0) is 30.3 Å². The lowest BCUT2D eigenvalue weighted by Crippen LogP contribution is -2.26. The van der Waals surface area contributed by atoms with Crippen LogP contribution in [0.5, 0.6) is 5.75 Å². The molecule has 0 aliphatic rings. The quantitative estimate of drug-likeness (QED) is 0.342. The standard InChI is InChI=1S/C24H20FN3O3S/c1-31-21-13-7-6-12-20(21)28-23(30)17-9-3-5-11-19(17)27-24(28)32-15-22(29)26-14-16-8-2-4-10-18(16)25/h2-13H,14-15H2,1H3,(H,26,29). The van der Waals surface area contributed by atoms with E-state index >= 15 is 0 Å². The van der Waals surface area contributed by atoms with E-state index in [0.717, 1.165) is 11.8 Å². The third kappa shape index (κ3) is 4.50. The number of aromatic nitrogens is 2. The molecule has 3 aromatic carbocycles. The van der Waals surface area contributed by atoms with Crippen molar-refractivity contribution >= 4 is 28.6 Å². The highest BCUT2D eigenvalue weighted by Crippen LogP contribution is 2.27. The number of methoxy groups -OCH3 is 1. The van der Waals surface area contributed by atoms with Crippen molar-refractivity contribution in [1.29, 1.82) is 0 Å². The molecule has 6 nitrogen and oxygen atoms in total. The lowest BCUT2D eigenvalue weighted by atomic mass is 10.2. The summed E-state index contributed by atoms with van der Waals surface area (Å²) in [4.78, 5) is 30.4. The average Bonchev–Trinajstić information content (AvgIpc) is 2.82. The number of hydrogen-bond acceptors (Lipinski definition) is 5. The number of nitrogens with one attached hydrogen (secondary N) is 1.